The Kier molecular flexibility index (Phi) is 7.30. The van der Waals surface area contributed by atoms with Gasteiger partial charge in [0.2, 0.25) is 0 Å². The molecule has 6 rings (SSSR count). The third kappa shape index (κ3) is 4.77. The molecule has 0 aliphatic carbocycles. The van der Waals surface area contributed by atoms with Crippen molar-refractivity contribution in [3.63, 3.8) is 0 Å². The molecule has 3 aromatic rings. The van der Waals surface area contributed by atoms with Gasteiger partial charge in [-0.3, -0.25) is 9.69 Å². The van der Waals surface area contributed by atoms with Crippen molar-refractivity contribution in [1.29, 1.82) is 0 Å². The number of fused-ring (bicyclic) bond motifs is 2. The predicted molar refractivity (Wildman–Crippen MR) is 144 cm³/mol. The number of nitrogens with one attached hydrogen (secondary N) is 1. The highest BCUT2D eigenvalue weighted by Crippen LogP contribution is 2.52. The molecule has 0 radical (unpaired) electrons. The SMILES string of the molecule is O=C(c1ccccc1)N1C[C@H]2CC[C@@H](N3CCOCC3)C[N+]2(C(F)(F)F)C[C@]1(Cc1c[nH]c2ccccc12)C(F)(F)F. The molecule has 3 fully saturated rings. The number of halogens is 6. The monoisotopic (exact) mass is 595 g/mol. The van der Waals surface area contributed by atoms with Gasteiger partial charge in [-0.05, 0) is 30.2 Å². The molecule has 6 nitrogen and oxygen atoms in total. The lowest BCUT2D eigenvalue weighted by atomic mass is 9.79. The van der Waals surface area contributed by atoms with E-state index >= 15 is 26.3 Å². The van der Waals surface area contributed by atoms with Crippen LogP contribution in [0.5, 0.6) is 0 Å². The number of aromatic nitrogens is 1. The second kappa shape index (κ2) is 10.6. The summed E-state index contributed by atoms with van der Waals surface area (Å²) in [5, 5.41) is 0.485. The quantitative estimate of drug-likeness (QED) is 0.251. The molecule has 3 aliphatic heterocycles. The summed E-state index contributed by atoms with van der Waals surface area (Å²) in [7, 11) is 0. The Morgan fingerprint density at radius 1 is 0.976 bits per heavy atom. The van der Waals surface area contributed by atoms with E-state index in [2.05, 4.69) is 4.98 Å². The third-order valence-corrected chi connectivity index (χ3v) is 9.54. The number of carbonyl (C=O) groups excluding carboxylic acids is 1. The largest absolute Gasteiger partial charge is 0.561 e. The normalized spacial score (nSPS) is 29.4. The number of alkyl halides is 6. The van der Waals surface area contributed by atoms with E-state index in [1.54, 1.807) is 30.3 Å². The summed E-state index contributed by atoms with van der Waals surface area (Å²) in [5.41, 5.74) is -2.30. The highest BCUT2D eigenvalue weighted by molar-refractivity contribution is 5.95. The Hall–Kier alpha value is -3.09. The Labute approximate surface area is 239 Å². The molecule has 1 N–H and O–H groups in total. The number of para-hydroxylation sites is 1. The van der Waals surface area contributed by atoms with Gasteiger partial charge in [0.25, 0.3) is 5.91 Å². The van der Waals surface area contributed by atoms with Crippen molar-refractivity contribution in [1.82, 2.24) is 14.8 Å². The maximum Gasteiger partial charge on any atom is 0.561 e. The number of quaternary nitrogens is 1. The van der Waals surface area contributed by atoms with E-state index in [9.17, 15) is 4.79 Å². The van der Waals surface area contributed by atoms with Crippen LogP contribution in [0.1, 0.15) is 28.8 Å². The van der Waals surface area contributed by atoms with Gasteiger partial charge in [0.15, 0.2) is 5.54 Å². The van der Waals surface area contributed by atoms with Crippen LogP contribution < -0.4 is 0 Å². The zero-order valence-electron chi connectivity index (χ0n) is 22.9. The average molecular weight is 596 g/mol. The zero-order valence-corrected chi connectivity index (χ0v) is 22.9. The fourth-order valence-electron chi connectivity index (χ4n) is 7.37. The van der Waals surface area contributed by atoms with E-state index in [0.29, 0.717) is 48.5 Å². The number of aromatic amines is 1. The molecule has 1 amide bonds. The first-order chi connectivity index (χ1) is 20.0. The molecule has 42 heavy (non-hydrogen) atoms. The third-order valence-electron chi connectivity index (χ3n) is 9.54. The lowest BCUT2D eigenvalue weighted by Gasteiger charge is -2.61. The Balaban J connectivity index is 1.50. The molecule has 4 heterocycles. The molecule has 2 aromatic carbocycles. The van der Waals surface area contributed by atoms with Gasteiger partial charge in [-0.15, -0.1) is 13.2 Å². The summed E-state index contributed by atoms with van der Waals surface area (Å²) < 4.78 is 96.9. The summed E-state index contributed by atoms with van der Waals surface area (Å²) >= 11 is 0. The van der Waals surface area contributed by atoms with E-state index in [4.69, 9.17) is 4.74 Å². The number of piperidine rings is 1. The van der Waals surface area contributed by atoms with Crippen LogP contribution in [0.25, 0.3) is 10.9 Å². The maximum atomic E-state index is 15.7. The van der Waals surface area contributed by atoms with Crippen molar-refractivity contribution in [2.24, 2.45) is 0 Å². The first kappa shape index (κ1) is 29.0. The van der Waals surface area contributed by atoms with Crippen LogP contribution in [0.15, 0.2) is 60.8 Å². The van der Waals surface area contributed by atoms with Crippen molar-refractivity contribution in [3.05, 3.63) is 71.9 Å². The van der Waals surface area contributed by atoms with Gasteiger partial charge in [0.05, 0.1) is 25.8 Å². The van der Waals surface area contributed by atoms with Crippen molar-refractivity contribution in [2.75, 3.05) is 45.9 Å². The molecule has 4 atom stereocenters. The lowest BCUT2D eigenvalue weighted by molar-refractivity contribution is -1.06. The van der Waals surface area contributed by atoms with Gasteiger partial charge in [0.1, 0.15) is 19.1 Å². The van der Waals surface area contributed by atoms with E-state index in [0.717, 1.165) is 0 Å². The summed E-state index contributed by atoms with van der Waals surface area (Å²) in [6.07, 6.45) is -9.04. The van der Waals surface area contributed by atoms with Crippen LogP contribution in [0.3, 0.4) is 0 Å². The second-order valence-electron chi connectivity index (χ2n) is 11.7. The number of ether oxygens (including phenoxy) is 1. The van der Waals surface area contributed by atoms with Crippen LogP contribution in [0, 0.1) is 0 Å². The minimum absolute atomic E-state index is 0.0130. The Bertz CT molecular complexity index is 1420. The van der Waals surface area contributed by atoms with Crippen LogP contribution >= 0.6 is 0 Å². The molecule has 3 saturated heterocycles. The molecule has 0 spiro atoms. The fraction of sp³-hybridized carbons (Fsp3) is 0.500. The van der Waals surface area contributed by atoms with Crippen LogP contribution in [0.4, 0.5) is 26.3 Å². The Morgan fingerprint density at radius 2 is 1.67 bits per heavy atom. The molecule has 226 valence electrons. The number of piperazine rings is 1. The predicted octanol–water partition coefficient (Wildman–Crippen LogP) is 5.37. The van der Waals surface area contributed by atoms with E-state index in [1.165, 1.54) is 30.5 Å². The summed E-state index contributed by atoms with van der Waals surface area (Å²) in [6, 6.07) is 12.5. The number of rotatable bonds is 4. The summed E-state index contributed by atoms with van der Waals surface area (Å²) in [6.45, 7) is -0.824. The number of benzene rings is 2. The van der Waals surface area contributed by atoms with Crippen molar-refractivity contribution in [3.8, 4) is 0 Å². The molecule has 3 aliphatic rings. The topological polar surface area (TPSA) is 48.6 Å². The molecular formula is C30H33F6N4O2+. The van der Waals surface area contributed by atoms with Gasteiger partial charge >= 0.3 is 12.5 Å². The van der Waals surface area contributed by atoms with Crippen molar-refractivity contribution >= 4 is 16.8 Å². The summed E-state index contributed by atoms with van der Waals surface area (Å²) in [5.74, 6) is -0.914. The second-order valence-corrected chi connectivity index (χ2v) is 11.7. The number of amides is 1. The first-order valence-corrected chi connectivity index (χ1v) is 14.2. The maximum absolute atomic E-state index is 15.7. The van der Waals surface area contributed by atoms with E-state index in [-0.39, 0.29) is 17.5 Å². The number of H-pyrrole nitrogens is 1. The number of hydrogen-bond acceptors (Lipinski definition) is 3. The lowest BCUT2D eigenvalue weighted by Crippen LogP contribution is -2.84. The minimum atomic E-state index is -5.16. The number of hydrogen-bond donors (Lipinski definition) is 1. The molecule has 12 heteroatoms. The molecule has 1 unspecified atom stereocenters. The zero-order chi connectivity index (χ0) is 29.8. The number of carbonyl (C=O) groups is 1. The molecule has 1 aromatic heterocycles. The van der Waals surface area contributed by atoms with Gasteiger partial charge in [-0.25, -0.2) is 4.48 Å². The standard InChI is InChI=1S/C30H33F6N4O2/c31-29(32,33)28(16-22-17-37-26-9-5-4-8-25(22)26)20-40(30(34,35)36)19-23(38-12-14-42-15-13-38)10-11-24(40)18-39(28)27(41)21-6-2-1-3-7-21/h1-9,17,23-24,37H,10-16,18-20H2/q+1/t23-,24-,28-,40?/m1/s1. The minimum Gasteiger partial charge on any atom is -0.379 e. The van der Waals surface area contributed by atoms with Crippen molar-refractivity contribution in [2.45, 2.75) is 49.4 Å². The first-order valence-electron chi connectivity index (χ1n) is 14.2. The molecule has 0 saturated carbocycles. The van der Waals surface area contributed by atoms with Gasteiger partial charge in [-0.2, -0.15) is 13.2 Å². The van der Waals surface area contributed by atoms with Crippen LogP contribution in [0.2, 0.25) is 0 Å². The number of nitrogens with zero attached hydrogens (tertiary/aromatic N) is 3. The van der Waals surface area contributed by atoms with Crippen molar-refractivity contribution < 1.29 is 40.4 Å². The highest BCUT2D eigenvalue weighted by atomic mass is 19.4. The van der Waals surface area contributed by atoms with Gasteiger partial charge < -0.3 is 14.6 Å². The van der Waals surface area contributed by atoms with E-state index in [1.807, 2.05) is 4.90 Å². The van der Waals surface area contributed by atoms with Gasteiger partial charge in [0, 0.05) is 48.6 Å². The number of morpholine rings is 1. The Morgan fingerprint density at radius 3 is 2.36 bits per heavy atom. The summed E-state index contributed by atoms with van der Waals surface area (Å²) in [4.78, 5) is 19.5. The highest BCUT2D eigenvalue weighted by Gasteiger charge is 2.74. The molecule has 0 bridgehead atoms. The molecular weight excluding hydrogens is 562 g/mol. The van der Waals surface area contributed by atoms with Crippen LogP contribution in [-0.4, -0.2) is 101 Å². The average Bonchev–Trinajstić information content (AvgIpc) is 3.38. The van der Waals surface area contributed by atoms with Crippen LogP contribution in [-0.2, 0) is 11.2 Å². The van der Waals surface area contributed by atoms with E-state index < -0.39 is 66.5 Å². The smallest absolute Gasteiger partial charge is 0.379 e. The van der Waals surface area contributed by atoms with Gasteiger partial charge in [-0.1, -0.05) is 36.4 Å². The fourth-order valence-corrected chi connectivity index (χ4v) is 7.37.